The average molecular weight is 427 g/mol. The van der Waals surface area contributed by atoms with Crippen molar-refractivity contribution in [2.24, 2.45) is 0 Å². The highest BCUT2D eigenvalue weighted by atomic mass is 16.5. The fourth-order valence-electron chi connectivity index (χ4n) is 2.99. The number of ether oxygens (including phenoxy) is 2. The van der Waals surface area contributed by atoms with Gasteiger partial charge in [0.2, 0.25) is 11.8 Å². The molecule has 4 rings (SSSR count). The Hall–Kier alpha value is -4.38. The van der Waals surface area contributed by atoms with E-state index in [-0.39, 0.29) is 18.0 Å². The Bertz CT molecular complexity index is 1170. The van der Waals surface area contributed by atoms with Crippen LogP contribution in [0.5, 0.6) is 11.5 Å². The van der Waals surface area contributed by atoms with Crippen LogP contribution in [0.25, 0.3) is 5.57 Å². The van der Waals surface area contributed by atoms with Crippen LogP contribution in [-0.4, -0.2) is 22.4 Å². The van der Waals surface area contributed by atoms with Crippen molar-refractivity contribution in [1.29, 1.82) is 5.26 Å². The highest BCUT2D eigenvalue weighted by Crippen LogP contribution is 2.35. The van der Waals surface area contributed by atoms with Gasteiger partial charge in [-0.1, -0.05) is 31.2 Å². The molecule has 32 heavy (non-hydrogen) atoms. The van der Waals surface area contributed by atoms with Gasteiger partial charge in [-0.3, -0.25) is 4.79 Å². The Morgan fingerprint density at radius 3 is 2.75 bits per heavy atom. The zero-order valence-corrected chi connectivity index (χ0v) is 17.5. The van der Waals surface area contributed by atoms with Gasteiger partial charge >= 0.3 is 0 Å². The molecule has 0 fully saturated rings. The summed E-state index contributed by atoms with van der Waals surface area (Å²) in [5.41, 5.74) is 2.52. The molecule has 0 spiro atoms. The molecular formula is C24H21N5O3. The first-order valence-electron chi connectivity index (χ1n) is 10.1. The second-order valence-electron chi connectivity index (χ2n) is 6.98. The summed E-state index contributed by atoms with van der Waals surface area (Å²) in [6, 6.07) is 18.7. The van der Waals surface area contributed by atoms with Gasteiger partial charge in [0, 0.05) is 19.2 Å². The predicted molar refractivity (Wildman–Crippen MR) is 120 cm³/mol. The van der Waals surface area contributed by atoms with Crippen molar-refractivity contribution in [3.63, 3.8) is 0 Å². The summed E-state index contributed by atoms with van der Waals surface area (Å²) in [4.78, 5) is 20.1. The van der Waals surface area contributed by atoms with E-state index in [1.54, 1.807) is 12.3 Å². The van der Waals surface area contributed by atoms with Crippen LogP contribution in [-0.2, 0) is 11.3 Å². The summed E-state index contributed by atoms with van der Waals surface area (Å²) in [5, 5.41) is 16.0. The van der Waals surface area contributed by atoms with Gasteiger partial charge in [-0.25, -0.2) is 9.97 Å². The molecule has 0 aliphatic carbocycles. The molecule has 1 aliphatic rings. The van der Waals surface area contributed by atoms with Gasteiger partial charge in [0.25, 0.3) is 0 Å². The number of Topliss-reactive ketones (excluding diaryl/α,β-unsaturated/α-hetero) is 1. The number of carbonyl (C=O) groups excluding carboxylic acids is 1. The van der Waals surface area contributed by atoms with Gasteiger partial charge in [0.1, 0.15) is 24.0 Å². The van der Waals surface area contributed by atoms with Gasteiger partial charge in [-0.15, -0.1) is 0 Å². The van der Waals surface area contributed by atoms with Crippen molar-refractivity contribution in [3.8, 4) is 17.6 Å². The molecule has 0 saturated carbocycles. The second kappa shape index (κ2) is 9.62. The maximum absolute atomic E-state index is 11.4. The number of ketones is 1. The number of nitrogens with one attached hydrogen (secondary N) is 2. The Balaban J connectivity index is 1.42. The number of rotatable bonds is 8. The molecule has 1 aliphatic heterocycles. The lowest BCUT2D eigenvalue weighted by molar-refractivity contribution is -0.120. The minimum Gasteiger partial charge on any atom is -0.486 e. The molecule has 1 aromatic heterocycles. The lowest BCUT2D eigenvalue weighted by Crippen LogP contribution is -2.09. The van der Waals surface area contributed by atoms with Crippen LogP contribution < -0.4 is 20.1 Å². The molecule has 2 N–H and O–H groups in total. The van der Waals surface area contributed by atoms with Crippen LogP contribution in [0.4, 0.5) is 11.6 Å². The Morgan fingerprint density at radius 2 is 2.00 bits per heavy atom. The van der Waals surface area contributed by atoms with Gasteiger partial charge in [-0.05, 0) is 35.9 Å². The number of nitrogens with zero attached hydrogens (tertiary/aromatic N) is 3. The molecule has 3 aromatic rings. The number of aromatic nitrogens is 2. The molecule has 160 valence electrons. The number of para-hydroxylation sites is 2. The number of anilines is 2. The van der Waals surface area contributed by atoms with Crippen LogP contribution in [0, 0.1) is 11.3 Å². The summed E-state index contributed by atoms with van der Waals surface area (Å²) in [7, 11) is 0. The Kier molecular flexibility index (Phi) is 6.28. The highest BCUT2D eigenvalue weighted by molar-refractivity contribution is 5.82. The van der Waals surface area contributed by atoms with E-state index in [4.69, 9.17) is 9.47 Å². The number of carbonyl (C=O) groups is 1. The van der Waals surface area contributed by atoms with Crippen molar-refractivity contribution >= 4 is 23.0 Å². The topological polar surface area (TPSA) is 109 Å². The fourth-order valence-corrected chi connectivity index (χ4v) is 2.99. The lowest BCUT2D eigenvalue weighted by Gasteiger charge is -2.09. The molecule has 8 nitrogen and oxygen atoms in total. The number of fused-ring (bicyclic) bond motifs is 1. The zero-order valence-electron chi connectivity index (χ0n) is 17.5. The minimum absolute atomic E-state index is 0.0570. The second-order valence-corrected chi connectivity index (χ2v) is 6.98. The summed E-state index contributed by atoms with van der Waals surface area (Å²) < 4.78 is 11.2. The van der Waals surface area contributed by atoms with E-state index >= 15 is 0 Å². The summed E-state index contributed by atoms with van der Waals surface area (Å²) in [6.07, 6.45) is 2.05. The van der Waals surface area contributed by atoms with Crippen LogP contribution in [0.1, 0.15) is 24.6 Å². The maximum atomic E-state index is 11.4. The van der Waals surface area contributed by atoms with Gasteiger partial charge in [0.05, 0.1) is 11.4 Å². The normalized spacial score (nSPS) is 13.2. The monoisotopic (exact) mass is 427 g/mol. The summed E-state index contributed by atoms with van der Waals surface area (Å²) in [5.74, 6) is 2.09. The minimum atomic E-state index is 0.0570. The summed E-state index contributed by atoms with van der Waals surface area (Å²) >= 11 is 0. The van der Waals surface area contributed by atoms with Gasteiger partial charge < -0.3 is 20.1 Å². The number of hydrogen-bond acceptors (Lipinski definition) is 8. The first kappa shape index (κ1) is 20.9. The maximum Gasteiger partial charge on any atom is 0.223 e. The molecular weight excluding hydrogens is 406 g/mol. The van der Waals surface area contributed by atoms with Crippen molar-refractivity contribution < 1.29 is 14.3 Å². The SMILES string of the molecule is CCC(=O)COc1ccc(CNc2nccc(/C(C#N)=C3/Nc4ccccc4O3)n2)cc1. The van der Waals surface area contributed by atoms with E-state index in [0.29, 0.717) is 42.0 Å². The first-order chi connectivity index (χ1) is 15.7. The van der Waals surface area contributed by atoms with Crippen molar-refractivity contribution in [3.05, 3.63) is 77.9 Å². The molecule has 0 atom stereocenters. The smallest absolute Gasteiger partial charge is 0.223 e. The Labute approximate surface area is 185 Å². The largest absolute Gasteiger partial charge is 0.486 e. The number of hydrogen-bond donors (Lipinski definition) is 2. The third-order valence-electron chi connectivity index (χ3n) is 4.77. The number of allylic oxidation sites excluding steroid dienone is 1. The number of benzene rings is 2. The molecule has 2 heterocycles. The van der Waals surface area contributed by atoms with E-state index in [9.17, 15) is 10.1 Å². The van der Waals surface area contributed by atoms with Crippen LogP contribution in [0.3, 0.4) is 0 Å². The molecule has 2 aromatic carbocycles. The standard InChI is InChI=1S/C24H21N5O3/c1-2-17(30)15-31-18-9-7-16(8-10-18)14-27-24-26-12-11-20(29-24)19(13-25)23-28-21-5-3-4-6-22(21)32-23/h3-12,28H,2,14-15H2,1H3,(H,26,27,29)/b23-19-. The lowest BCUT2D eigenvalue weighted by atomic mass is 10.2. The predicted octanol–water partition coefficient (Wildman–Crippen LogP) is 4.14. The van der Waals surface area contributed by atoms with E-state index in [1.807, 2.05) is 55.5 Å². The van der Waals surface area contributed by atoms with Crippen LogP contribution in [0.15, 0.2) is 66.7 Å². The van der Waals surface area contributed by atoms with Crippen molar-refractivity contribution in [2.45, 2.75) is 19.9 Å². The van der Waals surface area contributed by atoms with E-state index < -0.39 is 0 Å². The van der Waals surface area contributed by atoms with Crippen molar-refractivity contribution in [1.82, 2.24) is 9.97 Å². The Morgan fingerprint density at radius 1 is 1.19 bits per heavy atom. The fraction of sp³-hybridized carbons (Fsp3) is 0.167. The zero-order chi connectivity index (χ0) is 22.3. The van der Waals surface area contributed by atoms with Gasteiger partial charge in [-0.2, -0.15) is 5.26 Å². The molecule has 8 heteroatoms. The van der Waals surface area contributed by atoms with E-state index in [0.717, 1.165) is 11.3 Å². The highest BCUT2D eigenvalue weighted by Gasteiger charge is 2.22. The van der Waals surface area contributed by atoms with E-state index in [1.165, 1.54) is 0 Å². The third-order valence-corrected chi connectivity index (χ3v) is 4.77. The van der Waals surface area contributed by atoms with Gasteiger partial charge in [0.15, 0.2) is 11.5 Å². The quantitative estimate of drug-likeness (QED) is 0.516. The summed E-state index contributed by atoms with van der Waals surface area (Å²) in [6.45, 7) is 2.37. The third kappa shape index (κ3) is 4.84. The number of nitriles is 1. The van der Waals surface area contributed by atoms with Crippen LogP contribution in [0.2, 0.25) is 0 Å². The first-order valence-corrected chi connectivity index (χ1v) is 10.1. The van der Waals surface area contributed by atoms with Crippen LogP contribution >= 0.6 is 0 Å². The molecule has 0 bridgehead atoms. The molecule has 0 amide bonds. The molecule has 0 radical (unpaired) electrons. The van der Waals surface area contributed by atoms with Crippen molar-refractivity contribution in [2.75, 3.05) is 17.2 Å². The van der Waals surface area contributed by atoms with E-state index in [2.05, 4.69) is 26.7 Å². The molecule has 0 unspecified atom stereocenters. The molecule has 0 saturated heterocycles. The average Bonchev–Trinajstić information content (AvgIpc) is 3.26.